The Labute approximate surface area is 82.6 Å². The molecule has 1 aromatic rings. The van der Waals surface area contributed by atoms with E-state index in [1.807, 2.05) is 6.20 Å². The zero-order valence-electron chi connectivity index (χ0n) is 8.23. The van der Waals surface area contributed by atoms with E-state index in [0.29, 0.717) is 5.92 Å². The van der Waals surface area contributed by atoms with Gasteiger partial charge in [-0.25, -0.2) is 9.78 Å². The molecule has 0 aliphatic heterocycles. The maximum Gasteiger partial charge on any atom is 0.372 e. The highest BCUT2D eigenvalue weighted by Gasteiger charge is 2.22. The van der Waals surface area contributed by atoms with Crippen LogP contribution in [0.1, 0.15) is 47.9 Å². The zero-order chi connectivity index (χ0) is 10.1. The van der Waals surface area contributed by atoms with Crippen LogP contribution in [0.4, 0.5) is 0 Å². The predicted molar refractivity (Wildman–Crippen MR) is 51.4 cm³/mol. The molecule has 1 aromatic heterocycles. The van der Waals surface area contributed by atoms with Gasteiger partial charge in [-0.15, -0.1) is 0 Å². The second-order valence-electron chi connectivity index (χ2n) is 3.89. The summed E-state index contributed by atoms with van der Waals surface area (Å²) >= 11 is 0. The van der Waals surface area contributed by atoms with E-state index in [0.717, 1.165) is 18.5 Å². The standard InChI is InChI=1S/C10H14N2O2/c1-12-6-8(7-4-2-3-5-7)11-9(12)10(13)14/h6-7H,2-5H2,1H3,(H,13,14). The van der Waals surface area contributed by atoms with Gasteiger partial charge in [-0.1, -0.05) is 12.8 Å². The van der Waals surface area contributed by atoms with Crippen molar-refractivity contribution in [3.8, 4) is 0 Å². The highest BCUT2D eigenvalue weighted by atomic mass is 16.4. The first-order valence-electron chi connectivity index (χ1n) is 4.95. The average Bonchev–Trinajstić information content (AvgIpc) is 2.70. The number of rotatable bonds is 2. The summed E-state index contributed by atoms with van der Waals surface area (Å²) in [6.45, 7) is 0. The second-order valence-corrected chi connectivity index (χ2v) is 3.89. The smallest absolute Gasteiger partial charge is 0.372 e. The Morgan fingerprint density at radius 1 is 1.57 bits per heavy atom. The third-order valence-corrected chi connectivity index (χ3v) is 2.86. The minimum atomic E-state index is -0.947. The number of aromatic nitrogens is 2. The van der Waals surface area contributed by atoms with E-state index in [2.05, 4.69) is 4.98 Å². The molecule has 0 aromatic carbocycles. The van der Waals surface area contributed by atoms with Crippen molar-refractivity contribution in [1.29, 1.82) is 0 Å². The molecule has 2 rings (SSSR count). The lowest BCUT2D eigenvalue weighted by atomic mass is 10.1. The number of hydrogen-bond donors (Lipinski definition) is 1. The quantitative estimate of drug-likeness (QED) is 0.780. The van der Waals surface area contributed by atoms with Crippen molar-refractivity contribution in [1.82, 2.24) is 9.55 Å². The molecule has 0 atom stereocenters. The van der Waals surface area contributed by atoms with Gasteiger partial charge in [0.15, 0.2) is 0 Å². The molecule has 0 saturated heterocycles. The summed E-state index contributed by atoms with van der Waals surface area (Å²) < 4.78 is 1.59. The second kappa shape index (κ2) is 3.44. The molecule has 1 heterocycles. The van der Waals surface area contributed by atoms with Gasteiger partial charge in [0.05, 0.1) is 5.69 Å². The van der Waals surface area contributed by atoms with E-state index in [1.54, 1.807) is 11.6 Å². The summed E-state index contributed by atoms with van der Waals surface area (Å²) in [5, 5.41) is 8.84. The minimum Gasteiger partial charge on any atom is -0.475 e. The van der Waals surface area contributed by atoms with E-state index < -0.39 is 5.97 Å². The number of nitrogens with zero attached hydrogens (tertiary/aromatic N) is 2. The van der Waals surface area contributed by atoms with Crippen molar-refractivity contribution in [2.75, 3.05) is 0 Å². The maximum atomic E-state index is 10.8. The van der Waals surface area contributed by atoms with Crippen LogP contribution in [-0.2, 0) is 7.05 Å². The molecule has 0 unspecified atom stereocenters. The molecule has 14 heavy (non-hydrogen) atoms. The van der Waals surface area contributed by atoms with Crippen molar-refractivity contribution in [3.63, 3.8) is 0 Å². The molecule has 1 fully saturated rings. The Hall–Kier alpha value is -1.32. The fraction of sp³-hybridized carbons (Fsp3) is 0.600. The van der Waals surface area contributed by atoms with E-state index in [1.165, 1.54) is 12.8 Å². The van der Waals surface area contributed by atoms with Crippen molar-refractivity contribution in [2.45, 2.75) is 31.6 Å². The van der Waals surface area contributed by atoms with Crippen LogP contribution in [0.15, 0.2) is 6.20 Å². The van der Waals surface area contributed by atoms with Gasteiger partial charge in [0.1, 0.15) is 0 Å². The number of carbonyl (C=O) groups is 1. The van der Waals surface area contributed by atoms with Crippen LogP contribution in [0.2, 0.25) is 0 Å². The summed E-state index contributed by atoms with van der Waals surface area (Å²) in [5.41, 5.74) is 0.947. The molecule has 76 valence electrons. The highest BCUT2D eigenvalue weighted by molar-refractivity contribution is 5.83. The number of imidazole rings is 1. The molecule has 4 nitrogen and oxygen atoms in total. The first-order valence-corrected chi connectivity index (χ1v) is 4.95. The number of aryl methyl sites for hydroxylation is 1. The topological polar surface area (TPSA) is 55.1 Å². The SMILES string of the molecule is Cn1cc(C2CCCC2)nc1C(=O)O. The molecular formula is C10H14N2O2. The van der Waals surface area contributed by atoms with Gasteiger partial charge in [-0.2, -0.15) is 0 Å². The van der Waals surface area contributed by atoms with Gasteiger partial charge in [0, 0.05) is 19.2 Å². The normalized spacial score (nSPS) is 17.5. The van der Waals surface area contributed by atoms with Gasteiger partial charge in [0.2, 0.25) is 5.82 Å². The molecule has 0 spiro atoms. The zero-order valence-corrected chi connectivity index (χ0v) is 8.23. The summed E-state index contributed by atoms with van der Waals surface area (Å²) in [5.74, 6) is -0.321. The average molecular weight is 194 g/mol. The Bertz CT molecular complexity index is 351. The van der Waals surface area contributed by atoms with Crippen LogP contribution in [0.25, 0.3) is 0 Å². The van der Waals surface area contributed by atoms with Crippen LogP contribution in [0.3, 0.4) is 0 Å². The number of aromatic carboxylic acids is 1. The molecular weight excluding hydrogens is 180 g/mol. The monoisotopic (exact) mass is 194 g/mol. The van der Waals surface area contributed by atoms with Crippen molar-refractivity contribution >= 4 is 5.97 Å². The van der Waals surface area contributed by atoms with Gasteiger partial charge in [-0.3, -0.25) is 0 Å². The summed E-state index contributed by atoms with van der Waals surface area (Å²) in [6.07, 6.45) is 6.62. The van der Waals surface area contributed by atoms with Crippen molar-refractivity contribution in [3.05, 3.63) is 17.7 Å². The van der Waals surface area contributed by atoms with Gasteiger partial charge >= 0.3 is 5.97 Å². The van der Waals surface area contributed by atoms with Crippen LogP contribution >= 0.6 is 0 Å². The number of carboxylic acid groups (broad SMARTS) is 1. The summed E-state index contributed by atoms with van der Waals surface area (Å²) in [6, 6.07) is 0. The Morgan fingerprint density at radius 3 is 2.71 bits per heavy atom. The molecule has 1 aliphatic rings. The van der Waals surface area contributed by atoms with Crippen LogP contribution in [-0.4, -0.2) is 20.6 Å². The van der Waals surface area contributed by atoms with Crippen molar-refractivity contribution < 1.29 is 9.90 Å². The minimum absolute atomic E-state index is 0.145. The molecule has 0 bridgehead atoms. The van der Waals surface area contributed by atoms with Crippen LogP contribution < -0.4 is 0 Å². The third kappa shape index (κ3) is 1.52. The molecule has 1 N–H and O–H groups in total. The highest BCUT2D eigenvalue weighted by Crippen LogP contribution is 2.33. The lowest BCUT2D eigenvalue weighted by Crippen LogP contribution is -2.05. The largest absolute Gasteiger partial charge is 0.475 e. The van der Waals surface area contributed by atoms with Gasteiger partial charge in [0.25, 0.3) is 0 Å². The lowest BCUT2D eigenvalue weighted by Gasteiger charge is -2.02. The fourth-order valence-corrected chi connectivity index (χ4v) is 2.11. The van der Waals surface area contributed by atoms with E-state index in [-0.39, 0.29) is 5.82 Å². The first kappa shape index (κ1) is 9.24. The van der Waals surface area contributed by atoms with Crippen molar-refractivity contribution in [2.24, 2.45) is 7.05 Å². The maximum absolute atomic E-state index is 10.8. The van der Waals surface area contributed by atoms with Crippen LogP contribution in [0.5, 0.6) is 0 Å². The van der Waals surface area contributed by atoms with E-state index >= 15 is 0 Å². The fourth-order valence-electron chi connectivity index (χ4n) is 2.11. The Balaban J connectivity index is 2.27. The molecule has 0 radical (unpaired) electrons. The Kier molecular flexibility index (Phi) is 2.27. The van der Waals surface area contributed by atoms with E-state index in [4.69, 9.17) is 5.11 Å². The molecule has 1 saturated carbocycles. The molecule has 0 amide bonds. The lowest BCUT2D eigenvalue weighted by molar-refractivity contribution is 0.0679. The predicted octanol–water partition coefficient (Wildman–Crippen LogP) is 1.78. The number of hydrogen-bond acceptors (Lipinski definition) is 2. The van der Waals surface area contributed by atoms with Gasteiger partial charge in [-0.05, 0) is 12.8 Å². The summed E-state index contributed by atoms with van der Waals surface area (Å²) in [7, 11) is 1.73. The van der Waals surface area contributed by atoms with E-state index in [9.17, 15) is 4.79 Å². The Morgan fingerprint density at radius 2 is 2.21 bits per heavy atom. The summed E-state index contributed by atoms with van der Waals surface area (Å²) in [4.78, 5) is 14.9. The third-order valence-electron chi connectivity index (χ3n) is 2.86. The molecule has 4 heteroatoms. The van der Waals surface area contributed by atoms with Crippen LogP contribution in [0, 0.1) is 0 Å². The first-order chi connectivity index (χ1) is 6.68. The van der Waals surface area contributed by atoms with Gasteiger partial charge < -0.3 is 9.67 Å². The number of carboxylic acids is 1. The molecule has 1 aliphatic carbocycles.